The fraction of sp³-hybridized carbons (Fsp3) is 0.294. The maximum atomic E-state index is 12.3. The van der Waals surface area contributed by atoms with Gasteiger partial charge < -0.3 is 10.1 Å². The number of carbonyl (C=O) groups excluding carboxylic acids is 1. The summed E-state index contributed by atoms with van der Waals surface area (Å²) in [5.74, 6) is 0.735. The molecule has 0 saturated carbocycles. The molecule has 0 aliphatic carbocycles. The van der Waals surface area contributed by atoms with Gasteiger partial charge in [0.05, 0.1) is 18.8 Å². The van der Waals surface area contributed by atoms with E-state index in [2.05, 4.69) is 21.2 Å². The molecule has 23 heavy (non-hydrogen) atoms. The first-order valence-electron chi connectivity index (χ1n) is 7.59. The number of methoxy groups -OCH3 is 1. The predicted octanol–water partition coefficient (Wildman–Crippen LogP) is 1.31. The van der Waals surface area contributed by atoms with Crippen LogP contribution in [0.4, 0.5) is 0 Å². The van der Waals surface area contributed by atoms with E-state index in [1.54, 1.807) is 13.3 Å². The molecule has 6 heteroatoms. The van der Waals surface area contributed by atoms with Crippen LogP contribution < -0.4 is 20.9 Å². The molecule has 1 aromatic carbocycles. The Morgan fingerprint density at radius 1 is 1.26 bits per heavy atom. The lowest BCUT2D eigenvalue weighted by atomic mass is 10.1. The fourth-order valence-electron chi connectivity index (χ4n) is 2.66. The molecule has 2 heterocycles. The third kappa shape index (κ3) is 3.67. The first-order chi connectivity index (χ1) is 11.3. The van der Waals surface area contributed by atoms with Crippen molar-refractivity contribution < 1.29 is 9.53 Å². The summed E-state index contributed by atoms with van der Waals surface area (Å²) in [5.41, 5.74) is 8.05. The topological polar surface area (TPSA) is 75.3 Å². The Kier molecular flexibility index (Phi) is 4.85. The van der Waals surface area contributed by atoms with Gasteiger partial charge in [-0.1, -0.05) is 24.3 Å². The zero-order valence-electron chi connectivity index (χ0n) is 13.0. The van der Waals surface area contributed by atoms with E-state index in [9.17, 15) is 4.79 Å². The number of para-hydroxylation sites is 1. The van der Waals surface area contributed by atoms with E-state index in [1.165, 1.54) is 0 Å². The molecule has 6 nitrogen and oxygen atoms in total. The number of aromatic nitrogens is 1. The Bertz CT molecular complexity index is 663. The summed E-state index contributed by atoms with van der Waals surface area (Å²) in [5, 5.41) is 2.95. The van der Waals surface area contributed by atoms with Crippen molar-refractivity contribution in [1.82, 2.24) is 21.2 Å². The molecule has 0 radical (unpaired) electrons. The van der Waals surface area contributed by atoms with Gasteiger partial charge in [0.2, 0.25) is 5.91 Å². The number of hydrogen-bond donors (Lipinski definition) is 3. The van der Waals surface area contributed by atoms with E-state index in [0.717, 1.165) is 17.0 Å². The average molecular weight is 312 g/mol. The monoisotopic (exact) mass is 312 g/mol. The molecule has 3 rings (SSSR count). The first-order valence-corrected chi connectivity index (χ1v) is 7.59. The standard InChI is InChI=1S/C17H20N4O2/c1-23-16-8-3-2-6-12(16)11-19-17(22)15-10-14(20-21-15)13-7-4-5-9-18-13/h2-9,14-15,20-21H,10-11H2,1H3,(H,19,22). The van der Waals surface area contributed by atoms with Crippen molar-refractivity contribution >= 4 is 5.91 Å². The molecule has 1 aromatic heterocycles. The minimum atomic E-state index is -0.281. The second kappa shape index (κ2) is 7.21. The SMILES string of the molecule is COc1ccccc1CNC(=O)C1CC(c2ccccn2)NN1. The van der Waals surface area contributed by atoms with Crippen molar-refractivity contribution in [3.8, 4) is 5.75 Å². The fourth-order valence-corrected chi connectivity index (χ4v) is 2.66. The summed E-state index contributed by atoms with van der Waals surface area (Å²) in [4.78, 5) is 16.6. The lowest BCUT2D eigenvalue weighted by Crippen LogP contribution is -2.42. The number of nitrogens with zero attached hydrogens (tertiary/aromatic N) is 1. The van der Waals surface area contributed by atoms with Gasteiger partial charge in [-0.3, -0.25) is 9.78 Å². The van der Waals surface area contributed by atoms with Gasteiger partial charge in [-0.15, -0.1) is 0 Å². The quantitative estimate of drug-likeness (QED) is 0.776. The van der Waals surface area contributed by atoms with Crippen LogP contribution in [0.15, 0.2) is 48.7 Å². The van der Waals surface area contributed by atoms with Crippen LogP contribution in [0.5, 0.6) is 5.75 Å². The van der Waals surface area contributed by atoms with Crippen LogP contribution in [0, 0.1) is 0 Å². The summed E-state index contributed by atoms with van der Waals surface area (Å²) in [6.07, 6.45) is 2.42. The van der Waals surface area contributed by atoms with Gasteiger partial charge in [-0.05, 0) is 24.6 Å². The highest BCUT2D eigenvalue weighted by Crippen LogP contribution is 2.21. The molecule has 1 amide bonds. The summed E-state index contributed by atoms with van der Waals surface area (Å²) in [6.45, 7) is 0.440. The maximum Gasteiger partial charge on any atom is 0.238 e. The van der Waals surface area contributed by atoms with Crippen LogP contribution in [-0.2, 0) is 11.3 Å². The summed E-state index contributed by atoms with van der Waals surface area (Å²) in [6, 6.07) is 13.2. The predicted molar refractivity (Wildman–Crippen MR) is 86.5 cm³/mol. The van der Waals surface area contributed by atoms with Crippen LogP contribution in [-0.4, -0.2) is 24.0 Å². The van der Waals surface area contributed by atoms with Gasteiger partial charge in [0.25, 0.3) is 0 Å². The van der Waals surface area contributed by atoms with Crippen molar-refractivity contribution in [3.63, 3.8) is 0 Å². The van der Waals surface area contributed by atoms with E-state index >= 15 is 0 Å². The molecule has 1 saturated heterocycles. The van der Waals surface area contributed by atoms with Crippen LogP contribution >= 0.6 is 0 Å². The van der Waals surface area contributed by atoms with E-state index in [0.29, 0.717) is 13.0 Å². The van der Waals surface area contributed by atoms with Crippen LogP contribution in [0.25, 0.3) is 0 Å². The number of carbonyl (C=O) groups is 1. The van der Waals surface area contributed by atoms with Crippen LogP contribution in [0.1, 0.15) is 23.7 Å². The largest absolute Gasteiger partial charge is 0.496 e. The number of amides is 1. The summed E-state index contributed by atoms with van der Waals surface area (Å²) >= 11 is 0. The van der Waals surface area contributed by atoms with Gasteiger partial charge >= 0.3 is 0 Å². The highest BCUT2D eigenvalue weighted by molar-refractivity contribution is 5.82. The van der Waals surface area contributed by atoms with Crippen LogP contribution in [0.2, 0.25) is 0 Å². The van der Waals surface area contributed by atoms with Gasteiger partial charge in [-0.2, -0.15) is 0 Å². The number of hydrazine groups is 1. The molecule has 1 fully saturated rings. The lowest BCUT2D eigenvalue weighted by Gasteiger charge is -2.12. The molecule has 0 spiro atoms. The second-order valence-corrected chi connectivity index (χ2v) is 5.41. The Labute approximate surface area is 135 Å². The molecular weight excluding hydrogens is 292 g/mol. The zero-order valence-corrected chi connectivity index (χ0v) is 13.0. The minimum absolute atomic E-state index is 0.0400. The number of rotatable bonds is 5. The van der Waals surface area contributed by atoms with E-state index in [1.807, 2.05) is 42.5 Å². The molecule has 2 aromatic rings. The number of ether oxygens (including phenoxy) is 1. The highest BCUT2D eigenvalue weighted by Gasteiger charge is 2.30. The minimum Gasteiger partial charge on any atom is -0.496 e. The van der Waals surface area contributed by atoms with Crippen LogP contribution in [0.3, 0.4) is 0 Å². The maximum absolute atomic E-state index is 12.3. The third-order valence-electron chi connectivity index (χ3n) is 3.91. The molecule has 1 aliphatic rings. The van der Waals surface area contributed by atoms with Crippen molar-refractivity contribution in [2.45, 2.75) is 25.0 Å². The van der Waals surface area contributed by atoms with Crippen molar-refractivity contribution in [2.24, 2.45) is 0 Å². The molecule has 120 valence electrons. The third-order valence-corrected chi connectivity index (χ3v) is 3.91. The molecule has 0 bridgehead atoms. The first kappa shape index (κ1) is 15.5. The summed E-state index contributed by atoms with van der Waals surface area (Å²) in [7, 11) is 1.63. The van der Waals surface area contributed by atoms with E-state index in [4.69, 9.17) is 4.74 Å². The van der Waals surface area contributed by atoms with Crippen molar-refractivity contribution in [2.75, 3.05) is 7.11 Å². The second-order valence-electron chi connectivity index (χ2n) is 5.41. The molecule has 2 unspecified atom stereocenters. The number of pyridine rings is 1. The van der Waals surface area contributed by atoms with Crippen molar-refractivity contribution in [3.05, 3.63) is 59.9 Å². The number of hydrogen-bond acceptors (Lipinski definition) is 5. The van der Waals surface area contributed by atoms with Gasteiger partial charge in [0, 0.05) is 18.3 Å². The number of nitrogens with one attached hydrogen (secondary N) is 3. The Morgan fingerprint density at radius 2 is 2.09 bits per heavy atom. The smallest absolute Gasteiger partial charge is 0.238 e. The Balaban J connectivity index is 1.55. The Morgan fingerprint density at radius 3 is 2.87 bits per heavy atom. The van der Waals surface area contributed by atoms with E-state index in [-0.39, 0.29) is 18.0 Å². The normalized spacial score (nSPS) is 20.2. The average Bonchev–Trinajstić information content (AvgIpc) is 3.11. The van der Waals surface area contributed by atoms with Crippen molar-refractivity contribution in [1.29, 1.82) is 0 Å². The summed E-state index contributed by atoms with van der Waals surface area (Å²) < 4.78 is 5.29. The van der Waals surface area contributed by atoms with E-state index < -0.39 is 0 Å². The van der Waals surface area contributed by atoms with Gasteiger partial charge in [0.1, 0.15) is 11.8 Å². The highest BCUT2D eigenvalue weighted by atomic mass is 16.5. The molecular formula is C17H20N4O2. The zero-order chi connectivity index (χ0) is 16.1. The number of benzene rings is 1. The molecule has 3 N–H and O–H groups in total. The van der Waals surface area contributed by atoms with Gasteiger partial charge in [0.15, 0.2) is 0 Å². The lowest BCUT2D eigenvalue weighted by molar-refractivity contribution is -0.123. The Hall–Kier alpha value is -2.44. The molecule has 1 aliphatic heterocycles. The van der Waals surface area contributed by atoms with Gasteiger partial charge in [-0.25, -0.2) is 10.9 Å². The molecule has 2 atom stereocenters.